The maximum Gasteiger partial charge on any atom is 0.339 e. The van der Waals surface area contributed by atoms with E-state index < -0.39 is 18.5 Å². The normalized spacial score (nSPS) is 13.8. The molecule has 2 amide bonds. The Bertz CT molecular complexity index is 1250. The number of aromatic nitrogens is 1. The fourth-order valence-corrected chi connectivity index (χ4v) is 4.34. The van der Waals surface area contributed by atoms with E-state index in [0.717, 1.165) is 37.7 Å². The third-order valence-corrected chi connectivity index (χ3v) is 6.19. The van der Waals surface area contributed by atoms with Crippen LogP contribution in [0.5, 0.6) is 11.5 Å². The third kappa shape index (κ3) is 5.59. The van der Waals surface area contributed by atoms with Gasteiger partial charge >= 0.3 is 5.97 Å². The minimum absolute atomic E-state index is 0.156. The van der Waals surface area contributed by atoms with Crippen LogP contribution >= 0.6 is 0 Å². The first-order chi connectivity index (χ1) is 17.0. The molecule has 1 heterocycles. The zero-order valence-electron chi connectivity index (χ0n) is 19.8. The molecule has 8 nitrogen and oxygen atoms in total. The molecule has 3 aromatic rings. The lowest BCUT2D eigenvalue weighted by Crippen LogP contribution is -2.38. The quantitative estimate of drug-likeness (QED) is 0.507. The second kappa shape index (κ2) is 11.0. The number of ether oxygens (including phenoxy) is 3. The number of methoxy groups -OCH3 is 2. The maximum absolute atomic E-state index is 13.0. The van der Waals surface area contributed by atoms with Crippen LogP contribution in [0, 0.1) is 5.92 Å². The molecule has 8 heteroatoms. The molecule has 1 fully saturated rings. The van der Waals surface area contributed by atoms with Crippen molar-refractivity contribution in [1.82, 2.24) is 10.3 Å². The molecule has 0 atom stereocenters. The van der Waals surface area contributed by atoms with Crippen molar-refractivity contribution in [2.45, 2.75) is 32.1 Å². The Labute approximate surface area is 203 Å². The molecule has 35 heavy (non-hydrogen) atoms. The standard InChI is InChI=1S/C27H28N2O6/c1-33-23-13-12-18(14-24(23)34-2)22-15-20(19-10-6-7-11-21(19)28-22)27(32)35-16-25(30)29-26(31)17-8-4-3-5-9-17/h6-7,10-15,17H,3-5,8-9,16H2,1-2H3,(H,29,30,31). The van der Waals surface area contributed by atoms with Gasteiger partial charge in [-0.2, -0.15) is 0 Å². The molecule has 0 bridgehead atoms. The van der Waals surface area contributed by atoms with E-state index in [1.54, 1.807) is 50.6 Å². The highest BCUT2D eigenvalue weighted by molar-refractivity contribution is 6.05. The summed E-state index contributed by atoms with van der Waals surface area (Å²) in [5.74, 6) is -0.653. The molecule has 0 saturated heterocycles. The van der Waals surface area contributed by atoms with Crippen LogP contribution in [0.3, 0.4) is 0 Å². The average Bonchev–Trinajstić information content (AvgIpc) is 2.91. The second-order valence-corrected chi connectivity index (χ2v) is 8.47. The summed E-state index contributed by atoms with van der Waals surface area (Å²) in [4.78, 5) is 42.2. The van der Waals surface area contributed by atoms with E-state index in [-0.39, 0.29) is 17.4 Å². The summed E-state index contributed by atoms with van der Waals surface area (Å²) in [5, 5.41) is 2.96. The first kappa shape index (κ1) is 24.2. The van der Waals surface area contributed by atoms with Crippen LogP contribution in [0.2, 0.25) is 0 Å². The van der Waals surface area contributed by atoms with Crippen molar-refractivity contribution in [3.63, 3.8) is 0 Å². The molecule has 0 spiro atoms. The molecule has 1 N–H and O–H groups in total. The number of para-hydroxylation sites is 1. The predicted octanol–water partition coefficient (Wildman–Crippen LogP) is 4.30. The summed E-state index contributed by atoms with van der Waals surface area (Å²) in [6, 6.07) is 14.2. The maximum atomic E-state index is 13.0. The molecule has 0 radical (unpaired) electrons. The first-order valence-corrected chi connectivity index (χ1v) is 11.6. The number of imide groups is 1. The number of benzene rings is 2. The summed E-state index contributed by atoms with van der Waals surface area (Å²) in [5.41, 5.74) is 2.13. The lowest BCUT2D eigenvalue weighted by atomic mass is 9.89. The summed E-state index contributed by atoms with van der Waals surface area (Å²) in [6.07, 6.45) is 4.64. The Morgan fingerprint density at radius 2 is 1.69 bits per heavy atom. The third-order valence-electron chi connectivity index (χ3n) is 6.19. The molecule has 182 valence electrons. The number of esters is 1. The highest BCUT2D eigenvalue weighted by Gasteiger charge is 2.23. The molecule has 1 aliphatic rings. The van der Waals surface area contributed by atoms with Gasteiger partial charge in [-0.3, -0.25) is 14.9 Å². The van der Waals surface area contributed by atoms with Crippen LogP contribution in [0.15, 0.2) is 48.5 Å². The minimum Gasteiger partial charge on any atom is -0.493 e. The van der Waals surface area contributed by atoms with Gasteiger partial charge < -0.3 is 14.2 Å². The highest BCUT2D eigenvalue weighted by atomic mass is 16.5. The van der Waals surface area contributed by atoms with E-state index in [4.69, 9.17) is 14.2 Å². The van der Waals surface area contributed by atoms with Gasteiger partial charge in [0.15, 0.2) is 18.1 Å². The Hall–Kier alpha value is -3.94. The van der Waals surface area contributed by atoms with E-state index in [9.17, 15) is 14.4 Å². The number of pyridine rings is 1. The largest absolute Gasteiger partial charge is 0.493 e. The van der Waals surface area contributed by atoms with Crippen molar-refractivity contribution in [3.05, 3.63) is 54.1 Å². The SMILES string of the molecule is COc1ccc(-c2cc(C(=O)OCC(=O)NC(=O)C3CCCCC3)c3ccccc3n2)cc1OC. The molecule has 4 rings (SSSR count). The summed E-state index contributed by atoms with van der Waals surface area (Å²) in [7, 11) is 3.10. The first-order valence-electron chi connectivity index (χ1n) is 11.6. The Morgan fingerprint density at radius 3 is 2.43 bits per heavy atom. The van der Waals surface area contributed by atoms with Gasteiger partial charge in [0.1, 0.15) is 0 Å². The number of hydrogen-bond acceptors (Lipinski definition) is 7. The minimum atomic E-state index is -0.675. The number of fused-ring (bicyclic) bond motifs is 1. The van der Waals surface area contributed by atoms with Gasteiger partial charge in [0, 0.05) is 16.9 Å². The summed E-state index contributed by atoms with van der Waals surface area (Å²) in [6.45, 7) is -0.542. The fraction of sp³-hybridized carbons (Fsp3) is 0.333. The molecule has 2 aromatic carbocycles. The van der Waals surface area contributed by atoms with Crippen LogP contribution in [0.4, 0.5) is 0 Å². The zero-order chi connectivity index (χ0) is 24.8. The van der Waals surface area contributed by atoms with Crippen molar-refractivity contribution in [2.24, 2.45) is 5.92 Å². The lowest BCUT2D eigenvalue weighted by molar-refractivity contribution is -0.135. The van der Waals surface area contributed by atoms with E-state index in [0.29, 0.717) is 28.1 Å². The van der Waals surface area contributed by atoms with Gasteiger partial charge in [-0.05, 0) is 43.2 Å². The van der Waals surface area contributed by atoms with Gasteiger partial charge in [0.05, 0.1) is 31.0 Å². The summed E-state index contributed by atoms with van der Waals surface area (Å²) >= 11 is 0. The van der Waals surface area contributed by atoms with Gasteiger partial charge in [0.2, 0.25) is 5.91 Å². The summed E-state index contributed by atoms with van der Waals surface area (Å²) < 4.78 is 16.0. The number of rotatable bonds is 7. The highest BCUT2D eigenvalue weighted by Crippen LogP contribution is 2.33. The van der Waals surface area contributed by atoms with Crippen LogP contribution < -0.4 is 14.8 Å². The van der Waals surface area contributed by atoms with Crippen LogP contribution in [-0.4, -0.2) is 43.6 Å². The zero-order valence-corrected chi connectivity index (χ0v) is 19.8. The van der Waals surface area contributed by atoms with Gasteiger partial charge in [-0.25, -0.2) is 9.78 Å². The predicted molar refractivity (Wildman–Crippen MR) is 130 cm³/mol. The molecule has 1 saturated carbocycles. The van der Waals surface area contributed by atoms with Crippen LogP contribution in [-0.2, 0) is 14.3 Å². The number of carbonyl (C=O) groups excluding carboxylic acids is 3. The van der Waals surface area contributed by atoms with Gasteiger partial charge in [-0.15, -0.1) is 0 Å². The Balaban J connectivity index is 1.53. The van der Waals surface area contributed by atoms with E-state index in [2.05, 4.69) is 10.3 Å². The molecular formula is C27H28N2O6. The van der Waals surface area contributed by atoms with Crippen molar-refractivity contribution in [3.8, 4) is 22.8 Å². The fourth-order valence-electron chi connectivity index (χ4n) is 4.34. The molecular weight excluding hydrogens is 448 g/mol. The van der Waals surface area contributed by atoms with Crippen molar-refractivity contribution < 1.29 is 28.6 Å². The monoisotopic (exact) mass is 476 g/mol. The molecule has 1 aromatic heterocycles. The number of amides is 2. The van der Waals surface area contributed by atoms with Crippen LogP contribution in [0.1, 0.15) is 42.5 Å². The van der Waals surface area contributed by atoms with Crippen LogP contribution in [0.25, 0.3) is 22.2 Å². The molecule has 0 aliphatic heterocycles. The van der Waals surface area contributed by atoms with E-state index >= 15 is 0 Å². The molecule has 0 unspecified atom stereocenters. The van der Waals surface area contributed by atoms with Crippen molar-refractivity contribution in [1.29, 1.82) is 0 Å². The number of nitrogens with one attached hydrogen (secondary N) is 1. The second-order valence-electron chi connectivity index (χ2n) is 8.47. The van der Waals surface area contributed by atoms with E-state index in [1.807, 2.05) is 12.1 Å². The number of nitrogens with zero attached hydrogens (tertiary/aromatic N) is 1. The van der Waals surface area contributed by atoms with Crippen molar-refractivity contribution >= 4 is 28.7 Å². The topological polar surface area (TPSA) is 104 Å². The number of hydrogen-bond donors (Lipinski definition) is 1. The van der Waals surface area contributed by atoms with Gasteiger partial charge in [0.25, 0.3) is 5.91 Å². The average molecular weight is 477 g/mol. The Kier molecular flexibility index (Phi) is 7.60. The van der Waals surface area contributed by atoms with E-state index in [1.165, 1.54) is 0 Å². The Morgan fingerprint density at radius 1 is 0.943 bits per heavy atom. The van der Waals surface area contributed by atoms with Crippen molar-refractivity contribution in [2.75, 3.05) is 20.8 Å². The lowest BCUT2D eigenvalue weighted by Gasteiger charge is -2.20. The van der Waals surface area contributed by atoms with Gasteiger partial charge in [-0.1, -0.05) is 37.5 Å². The molecule has 1 aliphatic carbocycles. The number of carbonyl (C=O) groups is 3. The smallest absolute Gasteiger partial charge is 0.339 e.